The molecule has 1 saturated heterocycles. The molecule has 134 valence electrons. The highest BCUT2D eigenvalue weighted by Crippen LogP contribution is 2.30. The largest absolute Gasteiger partial charge is 0.356 e. The van der Waals surface area contributed by atoms with Crippen molar-refractivity contribution in [1.29, 1.82) is 0 Å². The summed E-state index contributed by atoms with van der Waals surface area (Å²) in [5.74, 6) is 0.0682. The maximum atomic E-state index is 12.6. The molecule has 1 atom stereocenters. The zero-order valence-electron chi connectivity index (χ0n) is 14.5. The minimum Gasteiger partial charge on any atom is -0.356 e. The van der Waals surface area contributed by atoms with Crippen LogP contribution in [0.2, 0.25) is 0 Å². The van der Waals surface area contributed by atoms with E-state index in [0.717, 1.165) is 32.4 Å². The Balaban J connectivity index is 0.00000288. The van der Waals surface area contributed by atoms with E-state index in [1.165, 1.54) is 0 Å². The van der Waals surface area contributed by atoms with E-state index in [2.05, 4.69) is 10.6 Å². The molecule has 24 heavy (non-hydrogen) atoms. The lowest BCUT2D eigenvalue weighted by molar-refractivity contribution is -0.132. The van der Waals surface area contributed by atoms with E-state index in [4.69, 9.17) is 0 Å². The molecule has 1 aromatic rings. The molecule has 6 heteroatoms. The fraction of sp³-hybridized carbons (Fsp3) is 0.556. The molecule has 1 heterocycles. The van der Waals surface area contributed by atoms with Gasteiger partial charge >= 0.3 is 0 Å². The van der Waals surface area contributed by atoms with E-state index >= 15 is 0 Å². The summed E-state index contributed by atoms with van der Waals surface area (Å²) >= 11 is 0. The Morgan fingerprint density at radius 2 is 1.92 bits per heavy atom. The molecule has 5 nitrogen and oxygen atoms in total. The second-order valence-corrected chi connectivity index (χ2v) is 6.47. The minimum absolute atomic E-state index is 0. The smallest absolute Gasteiger partial charge is 0.253 e. The average molecular weight is 354 g/mol. The molecule has 0 radical (unpaired) electrons. The molecule has 1 fully saturated rings. The second kappa shape index (κ2) is 9.64. The van der Waals surface area contributed by atoms with Crippen LogP contribution in [-0.4, -0.2) is 49.9 Å². The summed E-state index contributed by atoms with van der Waals surface area (Å²) < 4.78 is 0. The lowest BCUT2D eigenvalue weighted by Gasteiger charge is -2.39. The van der Waals surface area contributed by atoms with Gasteiger partial charge in [-0.1, -0.05) is 18.2 Å². The zero-order valence-corrected chi connectivity index (χ0v) is 15.3. The van der Waals surface area contributed by atoms with Gasteiger partial charge in [0.25, 0.3) is 5.91 Å². The first-order valence-corrected chi connectivity index (χ1v) is 8.34. The number of piperidine rings is 1. The van der Waals surface area contributed by atoms with Crippen LogP contribution in [0.15, 0.2) is 30.3 Å². The van der Waals surface area contributed by atoms with Crippen molar-refractivity contribution in [2.45, 2.75) is 26.2 Å². The number of amides is 2. The van der Waals surface area contributed by atoms with Crippen molar-refractivity contribution < 1.29 is 9.59 Å². The third-order valence-corrected chi connectivity index (χ3v) is 4.44. The standard InChI is InChI=1S/C18H27N3O2.ClH/c1-18(17(23)20-12-7-11-19-2)10-6-13-21(14-18)16(22)15-8-4-3-5-9-15;/h3-5,8-9,19H,6-7,10-14H2,1-2H3,(H,20,23);1H. The van der Waals surface area contributed by atoms with Gasteiger partial charge in [0.1, 0.15) is 0 Å². The summed E-state index contributed by atoms with van der Waals surface area (Å²) in [5, 5.41) is 6.08. The van der Waals surface area contributed by atoms with Crippen LogP contribution in [0.25, 0.3) is 0 Å². The number of hydrogen-bond donors (Lipinski definition) is 2. The number of likely N-dealkylation sites (tertiary alicyclic amines) is 1. The monoisotopic (exact) mass is 353 g/mol. The van der Waals surface area contributed by atoms with Gasteiger partial charge in [-0.3, -0.25) is 9.59 Å². The maximum Gasteiger partial charge on any atom is 0.253 e. The third-order valence-electron chi connectivity index (χ3n) is 4.44. The quantitative estimate of drug-likeness (QED) is 0.770. The van der Waals surface area contributed by atoms with Crippen molar-refractivity contribution in [2.24, 2.45) is 5.41 Å². The Bertz CT molecular complexity index is 538. The highest BCUT2D eigenvalue weighted by molar-refractivity contribution is 5.95. The van der Waals surface area contributed by atoms with Crippen molar-refractivity contribution in [1.82, 2.24) is 15.5 Å². The zero-order chi connectivity index (χ0) is 16.7. The second-order valence-electron chi connectivity index (χ2n) is 6.47. The Hall–Kier alpha value is -1.59. The van der Waals surface area contributed by atoms with Crippen LogP contribution in [0.4, 0.5) is 0 Å². The van der Waals surface area contributed by atoms with Crippen LogP contribution in [0.5, 0.6) is 0 Å². The van der Waals surface area contributed by atoms with E-state index in [0.29, 0.717) is 18.7 Å². The van der Waals surface area contributed by atoms with E-state index in [1.54, 1.807) is 0 Å². The molecule has 1 aliphatic rings. The minimum atomic E-state index is -0.498. The molecule has 1 unspecified atom stereocenters. The number of rotatable bonds is 6. The van der Waals surface area contributed by atoms with Gasteiger partial charge in [0.15, 0.2) is 0 Å². The summed E-state index contributed by atoms with van der Waals surface area (Å²) in [6.45, 7) is 4.72. The van der Waals surface area contributed by atoms with Crippen LogP contribution in [0.3, 0.4) is 0 Å². The van der Waals surface area contributed by atoms with E-state index in [1.807, 2.05) is 49.2 Å². The molecule has 0 saturated carbocycles. The van der Waals surface area contributed by atoms with Crippen LogP contribution in [0, 0.1) is 5.41 Å². The number of hydrogen-bond acceptors (Lipinski definition) is 3. The third kappa shape index (κ3) is 5.21. The van der Waals surface area contributed by atoms with Gasteiger partial charge in [-0.25, -0.2) is 0 Å². The van der Waals surface area contributed by atoms with Gasteiger partial charge < -0.3 is 15.5 Å². The van der Waals surface area contributed by atoms with Gasteiger partial charge in [0, 0.05) is 25.2 Å². The van der Waals surface area contributed by atoms with E-state index < -0.39 is 5.41 Å². The Kier molecular flexibility index (Phi) is 8.22. The van der Waals surface area contributed by atoms with E-state index in [9.17, 15) is 9.59 Å². The molecule has 1 aromatic carbocycles. The molecular weight excluding hydrogens is 326 g/mol. The van der Waals surface area contributed by atoms with Gasteiger partial charge in [-0.2, -0.15) is 0 Å². The van der Waals surface area contributed by atoms with Crippen LogP contribution in [-0.2, 0) is 4.79 Å². The van der Waals surface area contributed by atoms with Crippen LogP contribution < -0.4 is 10.6 Å². The van der Waals surface area contributed by atoms with Crippen molar-refractivity contribution in [3.05, 3.63) is 35.9 Å². The normalized spacial score (nSPS) is 20.2. The van der Waals surface area contributed by atoms with Gasteiger partial charge in [0.05, 0.1) is 5.41 Å². The van der Waals surface area contributed by atoms with Gasteiger partial charge in [0.2, 0.25) is 5.91 Å². The molecule has 2 N–H and O–H groups in total. The first kappa shape index (κ1) is 20.5. The topological polar surface area (TPSA) is 61.4 Å². The Morgan fingerprint density at radius 1 is 1.21 bits per heavy atom. The van der Waals surface area contributed by atoms with Crippen LogP contribution >= 0.6 is 12.4 Å². The maximum absolute atomic E-state index is 12.6. The Labute approximate surface area is 150 Å². The highest BCUT2D eigenvalue weighted by Gasteiger charge is 2.39. The number of halogens is 1. The van der Waals surface area contributed by atoms with Crippen molar-refractivity contribution in [3.8, 4) is 0 Å². The predicted molar refractivity (Wildman–Crippen MR) is 98.5 cm³/mol. The highest BCUT2D eigenvalue weighted by atomic mass is 35.5. The molecule has 2 rings (SSSR count). The Morgan fingerprint density at radius 3 is 2.58 bits per heavy atom. The summed E-state index contributed by atoms with van der Waals surface area (Å²) in [5.41, 5.74) is 0.189. The first-order chi connectivity index (χ1) is 11.1. The fourth-order valence-electron chi connectivity index (χ4n) is 3.04. The summed E-state index contributed by atoms with van der Waals surface area (Å²) in [6, 6.07) is 9.28. The molecule has 0 spiro atoms. The van der Waals surface area contributed by atoms with Crippen molar-refractivity contribution in [3.63, 3.8) is 0 Å². The number of benzene rings is 1. The van der Waals surface area contributed by atoms with Crippen molar-refractivity contribution >= 4 is 24.2 Å². The van der Waals surface area contributed by atoms with Crippen LogP contribution in [0.1, 0.15) is 36.5 Å². The molecule has 0 aliphatic carbocycles. The molecule has 0 bridgehead atoms. The number of nitrogens with zero attached hydrogens (tertiary/aromatic N) is 1. The number of nitrogens with one attached hydrogen (secondary N) is 2. The molecule has 0 aromatic heterocycles. The van der Waals surface area contributed by atoms with Gasteiger partial charge in [-0.15, -0.1) is 12.4 Å². The lowest BCUT2D eigenvalue weighted by atomic mass is 9.80. The lowest BCUT2D eigenvalue weighted by Crippen LogP contribution is -2.52. The average Bonchev–Trinajstić information content (AvgIpc) is 2.58. The summed E-state index contributed by atoms with van der Waals surface area (Å²) in [7, 11) is 1.90. The fourth-order valence-corrected chi connectivity index (χ4v) is 3.04. The summed E-state index contributed by atoms with van der Waals surface area (Å²) in [6.07, 6.45) is 2.59. The van der Waals surface area contributed by atoms with Gasteiger partial charge in [-0.05, 0) is 51.9 Å². The SMILES string of the molecule is CNCCCNC(=O)C1(C)CCCN(C(=O)c2ccccc2)C1.Cl. The predicted octanol–water partition coefficient (Wildman–Crippen LogP) is 2.08. The molecule has 2 amide bonds. The number of carbonyl (C=O) groups is 2. The molecular formula is C18H28ClN3O2. The van der Waals surface area contributed by atoms with E-state index in [-0.39, 0.29) is 24.2 Å². The first-order valence-electron chi connectivity index (χ1n) is 8.34. The van der Waals surface area contributed by atoms with Crippen molar-refractivity contribution in [2.75, 3.05) is 33.2 Å². The molecule has 1 aliphatic heterocycles. The number of carbonyl (C=O) groups excluding carboxylic acids is 2. The summed E-state index contributed by atoms with van der Waals surface area (Å²) in [4.78, 5) is 26.9.